The van der Waals surface area contributed by atoms with Gasteiger partial charge in [0.15, 0.2) is 0 Å². The number of pyridine rings is 2. The van der Waals surface area contributed by atoms with E-state index in [0.717, 1.165) is 65.3 Å². The number of hydrogen-bond donors (Lipinski definition) is 4. The molecule has 0 spiro atoms. The van der Waals surface area contributed by atoms with E-state index < -0.39 is 38.1 Å². The van der Waals surface area contributed by atoms with E-state index in [0.29, 0.717) is 65.1 Å². The van der Waals surface area contributed by atoms with Crippen LogP contribution in [0.15, 0.2) is 165 Å². The average molecular weight is 1090 g/mol. The summed E-state index contributed by atoms with van der Waals surface area (Å²) in [7, 11) is -0.378. The van der Waals surface area contributed by atoms with Crippen LogP contribution in [-0.2, 0) is 23.9 Å². The fourth-order valence-electron chi connectivity index (χ4n) is 11.7. The van der Waals surface area contributed by atoms with Gasteiger partial charge in [0.05, 0.1) is 39.4 Å². The molecule has 4 saturated carbocycles. The lowest BCUT2D eigenvalue weighted by atomic mass is 9.59. The molecule has 20 heteroatoms. The highest BCUT2D eigenvalue weighted by atomic mass is 32.2. The zero-order valence-electron chi connectivity index (χ0n) is 43.4. The van der Waals surface area contributed by atoms with Gasteiger partial charge in [0.25, 0.3) is 5.16 Å². The van der Waals surface area contributed by atoms with Gasteiger partial charge in [-0.2, -0.15) is 0 Å². The van der Waals surface area contributed by atoms with E-state index in [2.05, 4.69) is 37.3 Å². The molecule has 4 heterocycles. The first-order valence-corrected chi connectivity index (χ1v) is 28.9. The summed E-state index contributed by atoms with van der Waals surface area (Å²) in [6.45, 7) is 0. The number of rotatable bonds is 12. The number of nitrogens with two attached hydrogens (primary N) is 2. The van der Waals surface area contributed by atoms with Crippen molar-refractivity contribution in [1.29, 1.82) is 0 Å². The van der Waals surface area contributed by atoms with Crippen LogP contribution in [0.3, 0.4) is 0 Å². The third-order valence-electron chi connectivity index (χ3n) is 16.2. The van der Waals surface area contributed by atoms with E-state index in [1.165, 1.54) is 59.9 Å². The fraction of sp³-hybridized carbons (Fsp3) is 0.379. The Bertz CT molecular complexity index is 3500. The van der Waals surface area contributed by atoms with Gasteiger partial charge in [0, 0.05) is 42.6 Å². The van der Waals surface area contributed by atoms with Crippen molar-refractivity contribution in [3.05, 3.63) is 179 Å². The van der Waals surface area contributed by atoms with Crippen LogP contribution in [0.2, 0.25) is 0 Å². The van der Waals surface area contributed by atoms with Crippen LogP contribution in [0, 0.1) is 22.5 Å². The van der Waals surface area contributed by atoms with Crippen molar-refractivity contribution < 1.29 is 27.4 Å². The van der Waals surface area contributed by atoms with Crippen LogP contribution < -0.4 is 11.5 Å². The van der Waals surface area contributed by atoms with Gasteiger partial charge in [-0.05, 0) is 196 Å². The van der Waals surface area contributed by atoms with Crippen molar-refractivity contribution >= 4 is 44.4 Å². The molecule has 0 saturated heterocycles. The number of halogens is 2. The molecule has 78 heavy (non-hydrogen) atoms. The first-order valence-electron chi connectivity index (χ1n) is 26.5. The maximum atomic E-state index is 13.6. The highest BCUT2D eigenvalue weighted by Gasteiger charge is 2.53. The molecule has 0 radical (unpaired) electrons. The summed E-state index contributed by atoms with van der Waals surface area (Å²) in [4.78, 5) is 27.3. The Kier molecular flexibility index (Phi) is 14.7. The lowest BCUT2D eigenvalue weighted by Crippen LogP contribution is -2.44. The Morgan fingerprint density at radius 3 is 1.58 bits per heavy atom. The minimum absolute atomic E-state index is 0.147. The molecule has 6 aromatic rings. The summed E-state index contributed by atoms with van der Waals surface area (Å²) < 4.78 is 57.3. The van der Waals surface area contributed by atoms with Gasteiger partial charge in [0.1, 0.15) is 36.5 Å². The van der Waals surface area contributed by atoms with Gasteiger partial charge < -0.3 is 21.7 Å². The molecule has 0 aliphatic heterocycles. The van der Waals surface area contributed by atoms with Crippen molar-refractivity contribution in [3.63, 3.8) is 0 Å². The van der Waals surface area contributed by atoms with Crippen molar-refractivity contribution in [2.45, 2.75) is 122 Å². The second kappa shape index (κ2) is 21.7. The number of allylic oxidation sites excluding steroid dienone is 4. The second-order valence-corrected chi connectivity index (χ2v) is 24.9. The average Bonchev–Trinajstić information content (AvgIpc) is 4.45. The van der Waals surface area contributed by atoms with Gasteiger partial charge in [-0.1, -0.05) is 35.0 Å². The predicted octanol–water partition coefficient (Wildman–Crippen LogP) is 9.75. The van der Waals surface area contributed by atoms with Gasteiger partial charge >= 0.3 is 0 Å². The van der Waals surface area contributed by atoms with Crippen LogP contribution in [0.25, 0.3) is 0 Å². The van der Waals surface area contributed by atoms with Crippen LogP contribution in [0.4, 0.5) is 20.2 Å². The number of aromatic nitrogens is 8. The summed E-state index contributed by atoms with van der Waals surface area (Å²) in [6, 6.07) is 19.9. The van der Waals surface area contributed by atoms with Gasteiger partial charge in [-0.15, -0.1) is 10.2 Å². The molecule has 6 atom stereocenters. The Morgan fingerprint density at radius 2 is 1.14 bits per heavy atom. The molecule has 16 nitrogen and oxygen atoms in total. The van der Waals surface area contributed by atoms with Crippen LogP contribution >= 0.6 is 11.8 Å². The van der Waals surface area contributed by atoms with Crippen molar-refractivity contribution in [2.24, 2.45) is 46.4 Å². The molecule has 4 aromatic heterocycles. The molecule has 0 bridgehead atoms. The summed E-state index contributed by atoms with van der Waals surface area (Å²) in [5.41, 5.74) is 20.4. The van der Waals surface area contributed by atoms with Crippen molar-refractivity contribution in [3.8, 4) is 0 Å². The molecule has 2 unspecified atom stereocenters. The maximum absolute atomic E-state index is 13.6. The van der Waals surface area contributed by atoms with E-state index in [9.17, 15) is 27.4 Å². The molecule has 6 aliphatic rings. The van der Waals surface area contributed by atoms with Crippen LogP contribution in [-0.4, -0.2) is 80.1 Å². The zero-order valence-corrected chi connectivity index (χ0v) is 45.0. The number of sulfone groups is 1. The Morgan fingerprint density at radius 1 is 0.654 bits per heavy atom. The Labute approximate surface area is 456 Å². The van der Waals surface area contributed by atoms with Crippen LogP contribution in [0.5, 0.6) is 0 Å². The third-order valence-corrected chi connectivity index (χ3v) is 19.3. The topological polar surface area (TPSA) is 239 Å². The summed E-state index contributed by atoms with van der Waals surface area (Å²) in [5.74, 6) is 0.473. The molecule has 2 aromatic carbocycles. The molecule has 6 N–H and O–H groups in total. The third kappa shape index (κ3) is 10.9. The summed E-state index contributed by atoms with van der Waals surface area (Å²) in [6.07, 6.45) is 20.8. The van der Waals surface area contributed by atoms with E-state index in [4.69, 9.17) is 26.4 Å². The second-order valence-electron chi connectivity index (χ2n) is 21.5. The molecule has 6 aliphatic carbocycles. The number of fused-ring (bicyclic) bond motifs is 2. The fourth-order valence-corrected chi connectivity index (χ4v) is 14.6. The predicted molar refractivity (Wildman–Crippen MR) is 294 cm³/mol. The number of aliphatic imine (C=N–C) groups is 2. The molecular formula is C58H62F2N12O4S2. The number of nitrogens with zero attached hydrogens (tertiary/aromatic N) is 10. The number of hydrogen-bond acceptors (Lipinski definition) is 15. The number of aryl methyl sites for hydroxylation is 2. The molecule has 4 fully saturated rings. The van der Waals surface area contributed by atoms with Gasteiger partial charge in [-0.3, -0.25) is 19.3 Å². The molecular weight excluding hydrogens is 1030 g/mol. The molecule has 12 rings (SSSR count). The summed E-state index contributed by atoms with van der Waals surface area (Å²) >= 11 is 1.66. The van der Waals surface area contributed by atoms with E-state index in [1.54, 1.807) is 60.3 Å². The Balaban J connectivity index is 0.000000166. The number of thioether (sulfide) groups is 1. The molecule has 404 valence electrons. The number of aliphatic hydroxyl groups excluding tert-OH is 2. The van der Waals surface area contributed by atoms with Crippen LogP contribution in [0.1, 0.15) is 124 Å². The highest BCUT2D eigenvalue weighted by molar-refractivity contribution is 7.99. The lowest BCUT2D eigenvalue weighted by molar-refractivity contribution is 0.0281. The minimum atomic E-state index is -3.86. The quantitative estimate of drug-likeness (QED) is 0.0894. The normalized spacial score (nSPS) is 26.1. The number of aliphatic hydroxyl groups is 2. The van der Waals surface area contributed by atoms with E-state index >= 15 is 0 Å². The maximum Gasteiger partial charge on any atom is 0.267 e. The van der Waals surface area contributed by atoms with E-state index in [-0.39, 0.29) is 34.9 Å². The first-order chi connectivity index (χ1) is 37.6. The highest BCUT2D eigenvalue weighted by Crippen LogP contribution is 2.59. The van der Waals surface area contributed by atoms with Crippen molar-refractivity contribution in [2.75, 3.05) is 0 Å². The SMILES string of the molecule is Cn1cnc(S(=O)(=O)[C@H]2CCC3=CC(=Nc4ccc(F)cc4)C(=CN)C[C@]3(C(O)c3ccc(C4CC4)cn3)C2)n1.Cn1cnc(S[C@H]2CCC3=CC(=Nc4ccc(F)cc4)C(=CN)C[C@]3(C(O)c3ccc(C4CC4)cn3)C2)n1. The molecule has 0 amide bonds. The standard InChI is InChI=1S/C29H31FN6O3S.C29H31FN6OS/c1-36-17-33-28(35-36)40(38,39)24-10-5-21-12-26(34-23-8-6-22(30)7-9-23)20(15-31)13-29(21,14-24)27(37)25-11-4-19(16-32-25)18-2-3-18;1-36-17-33-28(35-36)38-24-10-5-21-12-26(34-23-8-6-22(30)7-9-23)20(15-31)13-29(21,14-24)27(37)25-11-4-19(16-32-25)18-2-3-18/h4,6-9,11-12,15-18,24,27,37H,2-3,5,10,13-14,31H2,1H3;4,6-9,11-12,15-18,24,27,37H,2-3,5,10,13-14,31H2,1H3/t2*24-,27?,29-/m00/s1. The monoisotopic (exact) mass is 1090 g/mol. The first kappa shape index (κ1) is 53.0. The summed E-state index contributed by atoms with van der Waals surface area (Å²) in [5, 5.41) is 32.4. The smallest absolute Gasteiger partial charge is 0.267 e. The van der Waals surface area contributed by atoms with E-state index in [1.807, 2.05) is 43.7 Å². The van der Waals surface area contributed by atoms with Gasteiger partial charge in [0.2, 0.25) is 15.0 Å². The number of benzene rings is 2. The Hall–Kier alpha value is -7.00. The van der Waals surface area contributed by atoms with Gasteiger partial charge in [-0.25, -0.2) is 37.2 Å². The minimum Gasteiger partial charge on any atom is -0.404 e. The van der Waals surface area contributed by atoms with Crippen molar-refractivity contribution in [1.82, 2.24) is 39.5 Å². The lowest BCUT2D eigenvalue weighted by Gasteiger charge is -2.48. The zero-order chi connectivity index (χ0) is 54.3. The largest absolute Gasteiger partial charge is 0.404 e.